The lowest BCUT2D eigenvalue weighted by Gasteiger charge is -2.23. The number of benzene rings is 1. The van der Waals surface area contributed by atoms with E-state index in [1.165, 1.54) is 24.5 Å². The van der Waals surface area contributed by atoms with Crippen LogP contribution < -0.4 is 10.5 Å². The SMILES string of the molecule is CCCCc1ccc(C(NC(=O)Cc2ccc(S(N)(=O)=O)s2)C(C)C)cc1. The Bertz CT molecular complexity index is 856. The first kappa shape index (κ1) is 21.6. The van der Waals surface area contributed by atoms with Crippen LogP contribution in [0.5, 0.6) is 0 Å². The average molecular weight is 409 g/mol. The Kier molecular flexibility index (Phi) is 7.59. The van der Waals surface area contributed by atoms with Gasteiger partial charge in [0.05, 0.1) is 12.5 Å². The van der Waals surface area contributed by atoms with Crippen molar-refractivity contribution >= 4 is 27.3 Å². The lowest BCUT2D eigenvalue weighted by Crippen LogP contribution is -2.32. The highest BCUT2D eigenvalue weighted by atomic mass is 32.2. The number of nitrogens with one attached hydrogen (secondary N) is 1. The summed E-state index contributed by atoms with van der Waals surface area (Å²) >= 11 is 1.04. The standard InChI is InChI=1S/C20H28N2O3S2/c1-4-5-6-15-7-9-16(10-8-15)20(14(2)3)22-18(23)13-17-11-12-19(26-17)27(21,24)25/h7-12,14,20H,4-6,13H2,1-3H3,(H,22,23)(H2,21,24,25). The molecule has 7 heteroatoms. The van der Waals surface area contributed by atoms with E-state index in [1.807, 2.05) is 0 Å². The van der Waals surface area contributed by atoms with Crippen LogP contribution >= 0.6 is 11.3 Å². The van der Waals surface area contributed by atoms with Crippen LogP contribution in [0.2, 0.25) is 0 Å². The molecule has 2 aromatic rings. The van der Waals surface area contributed by atoms with E-state index in [4.69, 9.17) is 5.14 Å². The Morgan fingerprint density at radius 1 is 1.15 bits per heavy atom. The molecule has 0 bridgehead atoms. The number of sulfonamides is 1. The van der Waals surface area contributed by atoms with Gasteiger partial charge in [-0.2, -0.15) is 0 Å². The van der Waals surface area contributed by atoms with E-state index >= 15 is 0 Å². The Hall–Kier alpha value is -1.70. The molecule has 0 fully saturated rings. The molecule has 27 heavy (non-hydrogen) atoms. The zero-order valence-corrected chi connectivity index (χ0v) is 17.7. The number of carbonyl (C=O) groups is 1. The molecule has 1 heterocycles. The molecule has 5 nitrogen and oxygen atoms in total. The van der Waals surface area contributed by atoms with Crippen LogP contribution in [0.1, 0.15) is 55.7 Å². The van der Waals surface area contributed by atoms with Gasteiger partial charge in [0.1, 0.15) is 4.21 Å². The molecule has 0 spiro atoms. The molecule has 1 amide bonds. The van der Waals surface area contributed by atoms with E-state index in [1.54, 1.807) is 6.07 Å². The zero-order chi connectivity index (χ0) is 20.0. The van der Waals surface area contributed by atoms with Crippen LogP contribution in [0.3, 0.4) is 0 Å². The van der Waals surface area contributed by atoms with E-state index in [0.717, 1.165) is 23.3 Å². The maximum Gasteiger partial charge on any atom is 0.247 e. The molecule has 0 saturated carbocycles. The predicted molar refractivity (Wildman–Crippen MR) is 110 cm³/mol. The second-order valence-electron chi connectivity index (χ2n) is 7.08. The summed E-state index contributed by atoms with van der Waals surface area (Å²) in [6.45, 7) is 6.32. The molecule has 0 aliphatic rings. The lowest BCUT2D eigenvalue weighted by molar-refractivity contribution is -0.121. The molecule has 0 radical (unpaired) electrons. The number of unbranched alkanes of at least 4 members (excludes halogenated alkanes) is 1. The minimum Gasteiger partial charge on any atom is -0.349 e. The normalized spacial score (nSPS) is 12.9. The maximum atomic E-state index is 12.5. The van der Waals surface area contributed by atoms with E-state index in [-0.39, 0.29) is 28.5 Å². The van der Waals surface area contributed by atoms with Crippen molar-refractivity contribution < 1.29 is 13.2 Å². The number of rotatable bonds is 9. The first-order valence-corrected chi connectivity index (χ1v) is 11.6. The Balaban J connectivity index is 2.04. The van der Waals surface area contributed by atoms with Crippen molar-refractivity contribution in [3.05, 3.63) is 52.4 Å². The van der Waals surface area contributed by atoms with Gasteiger partial charge in [-0.3, -0.25) is 4.79 Å². The minimum absolute atomic E-state index is 0.0772. The number of thiophene rings is 1. The third-order valence-corrected chi connectivity index (χ3v) is 6.92. The zero-order valence-electron chi connectivity index (χ0n) is 16.1. The summed E-state index contributed by atoms with van der Waals surface area (Å²) in [7, 11) is -3.72. The fourth-order valence-corrected chi connectivity index (χ4v) is 4.67. The van der Waals surface area contributed by atoms with Crippen molar-refractivity contribution in [1.82, 2.24) is 5.32 Å². The van der Waals surface area contributed by atoms with E-state index in [2.05, 4.69) is 50.4 Å². The number of aryl methyl sites for hydroxylation is 1. The molecule has 1 aromatic carbocycles. The van der Waals surface area contributed by atoms with Crippen molar-refractivity contribution in [3.63, 3.8) is 0 Å². The molecule has 148 valence electrons. The second kappa shape index (κ2) is 9.48. The first-order chi connectivity index (χ1) is 12.7. The summed E-state index contributed by atoms with van der Waals surface area (Å²) in [5, 5.41) is 8.20. The number of primary sulfonamides is 1. The largest absolute Gasteiger partial charge is 0.349 e. The summed E-state index contributed by atoms with van der Waals surface area (Å²) in [6, 6.07) is 11.4. The van der Waals surface area contributed by atoms with Crippen LogP contribution in [-0.2, 0) is 27.7 Å². The van der Waals surface area contributed by atoms with Gasteiger partial charge in [-0.25, -0.2) is 13.6 Å². The molecule has 0 saturated heterocycles. The second-order valence-corrected chi connectivity index (χ2v) is 10.0. The van der Waals surface area contributed by atoms with E-state index in [9.17, 15) is 13.2 Å². The Morgan fingerprint density at radius 3 is 2.33 bits per heavy atom. The monoisotopic (exact) mass is 408 g/mol. The molecule has 1 atom stereocenters. The number of nitrogens with two attached hydrogens (primary N) is 1. The Morgan fingerprint density at radius 2 is 1.81 bits per heavy atom. The van der Waals surface area contributed by atoms with Gasteiger partial charge in [-0.15, -0.1) is 11.3 Å². The average Bonchev–Trinajstić information content (AvgIpc) is 3.07. The molecule has 0 aliphatic carbocycles. The minimum atomic E-state index is -3.72. The van der Waals surface area contributed by atoms with Crippen LogP contribution in [0.4, 0.5) is 0 Å². The topological polar surface area (TPSA) is 89.3 Å². The fourth-order valence-electron chi connectivity index (χ4n) is 2.90. The van der Waals surface area contributed by atoms with Crippen LogP contribution in [-0.4, -0.2) is 14.3 Å². The highest BCUT2D eigenvalue weighted by Crippen LogP contribution is 2.24. The van der Waals surface area contributed by atoms with Gasteiger partial charge in [-0.1, -0.05) is 51.5 Å². The first-order valence-electron chi connectivity index (χ1n) is 9.20. The van der Waals surface area contributed by atoms with Gasteiger partial charge in [-0.05, 0) is 42.0 Å². The highest BCUT2D eigenvalue weighted by molar-refractivity contribution is 7.91. The van der Waals surface area contributed by atoms with E-state index < -0.39 is 10.0 Å². The third-order valence-electron chi connectivity index (χ3n) is 4.39. The number of carbonyl (C=O) groups excluding carboxylic acids is 1. The van der Waals surface area contributed by atoms with Crippen LogP contribution in [0.25, 0.3) is 0 Å². The van der Waals surface area contributed by atoms with Gasteiger partial charge < -0.3 is 5.32 Å². The summed E-state index contributed by atoms with van der Waals surface area (Å²) in [5.74, 6) is 0.102. The molecule has 1 unspecified atom stereocenters. The predicted octanol–water partition coefficient (Wildman–Crippen LogP) is 3.79. The van der Waals surface area contributed by atoms with Crippen molar-refractivity contribution in [2.24, 2.45) is 11.1 Å². The number of hydrogen-bond donors (Lipinski definition) is 2. The van der Waals surface area contributed by atoms with E-state index in [0.29, 0.717) is 4.88 Å². The van der Waals surface area contributed by atoms with Gasteiger partial charge in [0.2, 0.25) is 15.9 Å². The van der Waals surface area contributed by atoms with Gasteiger partial charge in [0, 0.05) is 4.88 Å². The van der Waals surface area contributed by atoms with Crippen molar-refractivity contribution in [3.8, 4) is 0 Å². The van der Waals surface area contributed by atoms with Crippen molar-refractivity contribution in [2.45, 2.75) is 56.7 Å². The summed E-state index contributed by atoms with van der Waals surface area (Å²) in [6.07, 6.45) is 3.55. The maximum absolute atomic E-state index is 12.5. The molecule has 0 aliphatic heterocycles. The molecule has 2 rings (SSSR count). The van der Waals surface area contributed by atoms with Gasteiger partial charge >= 0.3 is 0 Å². The number of hydrogen-bond acceptors (Lipinski definition) is 4. The molecule has 1 aromatic heterocycles. The summed E-state index contributed by atoms with van der Waals surface area (Å²) in [4.78, 5) is 13.2. The number of amides is 1. The Labute approximate surface area is 166 Å². The smallest absolute Gasteiger partial charge is 0.247 e. The van der Waals surface area contributed by atoms with Gasteiger partial charge in [0.15, 0.2) is 0 Å². The molecule has 3 N–H and O–H groups in total. The fraction of sp³-hybridized carbons (Fsp3) is 0.450. The van der Waals surface area contributed by atoms with Gasteiger partial charge in [0.25, 0.3) is 0 Å². The summed E-state index contributed by atoms with van der Waals surface area (Å²) in [5.41, 5.74) is 2.39. The van der Waals surface area contributed by atoms with Crippen molar-refractivity contribution in [2.75, 3.05) is 0 Å². The van der Waals surface area contributed by atoms with Crippen LogP contribution in [0, 0.1) is 5.92 Å². The van der Waals surface area contributed by atoms with Crippen molar-refractivity contribution in [1.29, 1.82) is 0 Å². The quantitative estimate of drug-likeness (QED) is 0.661. The lowest BCUT2D eigenvalue weighted by atomic mass is 9.94. The third kappa shape index (κ3) is 6.45. The molecular weight excluding hydrogens is 380 g/mol. The highest BCUT2D eigenvalue weighted by Gasteiger charge is 2.19. The molecular formula is C20H28N2O3S2. The summed E-state index contributed by atoms with van der Waals surface area (Å²) < 4.78 is 22.8. The van der Waals surface area contributed by atoms with Crippen LogP contribution in [0.15, 0.2) is 40.6 Å².